The van der Waals surface area contributed by atoms with Gasteiger partial charge in [0.25, 0.3) is 5.91 Å². The maximum atomic E-state index is 12.9. The molecular formula is C16H18N4O2. The van der Waals surface area contributed by atoms with E-state index in [0.29, 0.717) is 24.7 Å². The number of carbonyl (C=O) groups is 1. The highest BCUT2D eigenvalue weighted by Crippen LogP contribution is 2.32. The molecule has 0 atom stereocenters. The average Bonchev–Trinajstić information content (AvgIpc) is 2.97. The van der Waals surface area contributed by atoms with Crippen LogP contribution in [0.1, 0.15) is 40.3 Å². The van der Waals surface area contributed by atoms with Crippen LogP contribution in [0.4, 0.5) is 5.69 Å². The predicted molar refractivity (Wildman–Crippen MR) is 81.4 cm³/mol. The van der Waals surface area contributed by atoms with Crippen LogP contribution in [0.2, 0.25) is 0 Å². The van der Waals surface area contributed by atoms with Gasteiger partial charge < -0.3 is 4.74 Å². The number of ether oxygens (including phenoxy) is 1. The molecule has 0 unspecified atom stereocenters. The molecule has 0 bridgehead atoms. The van der Waals surface area contributed by atoms with Crippen LogP contribution in [0.25, 0.3) is 0 Å². The van der Waals surface area contributed by atoms with E-state index in [1.807, 2.05) is 19.1 Å². The second kappa shape index (κ2) is 5.12. The van der Waals surface area contributed by atoms with E-state index >= 15 is 0 Å². The minimum Gasteiger partial charge on any atom is -0.474 e. The molecule has 2 aromatic rings. The first-order chi connectivity index (χ1) is 10.7. The number of H-pyrrole nitrogens is 1. The Morgan fingerprint density at radius 3 is 3.09 bits per heavy atom. The number of rotatable bonds is 1. The summed E-state index contributed by atoms with van der Waals surface area (Å²) >= 11 is 0. The molecule has 0 saturated heterocycles. The zero-order valence-electron chi connectivity index (χ0n) is 12.6. The van der Waals surface area contributed by atoms with Crippen molar-refractivity contribution in [1.82, 2.24) is 15.2 Å². The molecule has 0 fully saturated rings. The number of hydrogen-bond acceptors (Lipinski definition) is 4. The quantitative estimate of drug-likeness (QED) is 0.874. The number of anilines is 1. The van der Waals surface area contributed by atoms with Gasteiger partial charge in [-0.3, -0.25) is 14.8 Å². The van der Waals surface area contributed by atoms with Crippen LogP contribution >= 0.6 is 0 Å². The highest BCUT2D eigenvalue weighted by atomic mass is 16.5. The number of nitrogens with zero attached hydrogens (tertiary/aromatic N) is 3. The Morgan fingerprint density at radius 2 is 2.18 bits per heavy atom. The number of carbonyl (C=O) groups excluding carboxylic acids is 1. The molecule has 3 heterocycles. The molecule has 6 heteroatoms. The molecule has 6 nitrogen and oxygen atoms in total. The number of aromatic amines is 1. The van der Waals surface area contributed by atoms with E-state index in [4.69, 9.17) is 4.74 Å². The minimum atomic E-state index is -0.0606. The molecule has 2 aliphatic rings. The van der Waals surface area contributed by atoms with E-state index in [1.54, 1.807) is 4.90 Å². The largest absolute Gasteiger partial charge is 0.474 e. The van der Waals surface area contributed by atoms with E-state index in [2.05, 4.69) is 15.2 Å². The third kappa shape index (κ3) is 2.06. The lowest BCUT2D eigenvalue weighted by Gasteiger charge is -2.28. The van der Waals surface area contributed by atoms with Crippen molar-refractivity contribution in [3.63, 3.8) is 0 Å². The van der Waals surface area contributed by atoms with Gasteiger partial charge in [0.15, 0.2) is 5.69 Å². The Bertz CT molecular complexity index is 738. The van der Waals surface area contributed by atoms with Crippen LogP contribution in [0.3, 0.4) is 0 Å². The molecule has 114 valence electrons. The fourth-order valence-electron chi connectivity index (χ4n) is 3.19. The molecule has 2 aromatic heterocycles. The zero-order valence-corrected chi connectivity index (χ0v) is 12.6. The highest BCUT2D eigenvalue weighted by molar-refractivity contribution is 6.06. The first-order valence-corrected chi connectivity index (χ1v) is 7.72. The lowest BCUT2D eigenvalue weighted by molar-refractivity contribution is 0.0969. The Balaban J connectivity index is 1.71. The maximum Gasteiger partial charge on any atom is 0.279 e. The van der Waals surface area contributed by atoms with Gasteiger partial charge in [-0.2, -0.15) is 5.10 Å². The first-order valence-electron chi connectivity index (χ1n) is 7.72. The number of nitrogens with one attached hydrogen (secondary N) is 1. The third-order valence-corrected chi connectivity index (χ3v) is 4.33. The number of aryl methyl sites for hydroxylation is 2. The minimum absolute atomic E-state index is 0.0606. The summed E-state index contributed by atoms with van der Waals surface area (Å²) in [5.74, 6) is 0.471. The fraction of sp³-hybridized carbons (Fsp3) is 0.438. The summed E-state index contributed by atoms with van der Waals surface area (Å²) in [6, 6.07) is 3.79. The number of aromatic nitrogens is 3. The number of hydrogen-bond donors (Lipinski definition) is 1. The van der Waals surface area contributed by atoms with Gasteiger partial charge in [-0.1, -0.05) is 0 Å². The SMILES string of the molecule is Cc1ccc2c(n1)OCCN2C(=O)c1n[nH]c2c1CCCC2. The van der Waals surface area contributed by atoms with E-state index < -0.39 is 0 Å². The molecule has 1 N–H and O–H groups in total. The van der Waals surface area contributed by atoms with Crippen molar-refractivity contribution < 1.29 is 9.53 Å². The molecule has 0 saturated carbocycles. The summed E-state index contributed by atoms with van der Waals surface area (Å²) in [6.07, 6.45) is 4.19. The molecule has 4 rings (SSSR count). The lowest BCUT2D eigenvalue weighted by atomic mass is 9.95. The molecular weight excluding hydrogens is 280 g/mol. The van der Waals surface area contributed by atoms with Crippen LogP contribution in [0.5, 0.6) is 5.88 Å². The summed E-state index contributed by atoms with van der Waals surface area (Å²) in [6.45, 7) is 2.90. The summed E-state index contributed by atoms with van der Waals surface area (Å²) in [5.41, 5.74) is 4.37. The van der Waals surface area contributed by atoms with Crippen molar-refractivity contribution >= 4 is 11.6 Å². The Labute approximate surface area is 128 Å². The van der Waals surface area contributed by atoms with Crippen LogP contribution in [0, 0.1) is 6.92 Å². The summed E-state index contributed by atoms with van der Waals surface area (Å²) in [7, 11) is 0. The van der Waals surface area contributed by atoms with Crippen molar-refractivity contribution in [2.45, 2.75) is 32.6 Å². The third-order valence-electron chi connectivity index (χ3n) is 4.33. The summed E-state index contributed by atoms with van der Waals surface area (Å²) in [5, 5.41) is 7.32. The first kappa shape index (κ1) is 13.3. The van der Waals surface area contributed by atoms with Gasteiger partial charge >= 0.3 is 0 Å². The monoisotopic (exact) mass is 298 g/mol. The van der Waals surface area contributed by atoms with Gasteiger partial charge in [0.1, 0.15) is 12.3 Å². The van der Waals surface area contributed by atoms with Crippen molar-refractivity contribution in [1.29, 1.82) is 0 Å². The molecule has 1 aliphatic carbocycles. The Morgan fingerprint density at radius 1 is 1.32 bits per heavy atom. The molecule has 1 amide bonds. The van der Waals surface area contributed by atoms with Crippen molar-refractivity contribution in [2.75, 3.05) is 18.1 Å². The van der Waals surface area contributed by atoms with Gasteiger partial charge in [-0.05, 0) is 44.7 Å². The smallest absolute Gasteiger partial charge is 0.279 e. The van der Waals surface area contributed by atoms with Crippen LogP contribution < -0.4 is 9.64 Å². The molecule has 1 aliphatic heterocycles. The highest BCUT2D eigenvalue weighted by Gasteiger charge is 2.30. The molecule has 22 heavy (non-hydrogen) atoms. The predicted octanol–water partition coefficient (Wildman–Crippen LogP) is 2.03. The van der Waals surface area contributed by atoms with Gasteiger partial charge in [-0.15, -0.1) is 0 Å². The Hall–Kier alpha value is -2.37. The second-order valence-corrected chi connectivity index (χ2v) is 5.82. The van der Waals surface area contributed by atoms with Gasteiger partial charge in [0.2, 0.25) is 5.88 Å². The van der Waals surface area contributed by atoms with Crippen molar-refractivity contribution in [3.8, 4) is 5.88 Å². The summed E-state index contributed by atoms with van der Waals surface area (Å²) in [4.78, 5) is 19.0. The summed E-state index contributed by atoms with van der Waals surface area (Å²) < 4.78 is 5.58. The standard InChI is InChI=1S/C16H18N4O2/c1-10-6-7-13-15(17-10)22-9-8-20(13)16(21)14-11-4-2-3-5-12(11)18-19-14/h6-7H,2-5,8-9H2,1H3,(H,18,19). The fourth-order valence-corrected chi connectivity index (χ4v) is 3.19. The number of pyridine rings is 1. The normalized spacial score (nSPS) is 16.7. The van der Waals surface area contributed by atoms with E-state index in [-0.39, 0.29) is 5.91 Å². The average molecular weight is 298 g/mol. The van der Waals surface area contributed by atoms with E-state index in [1.165, 1.54) is 0 Å². The molecule has 0 radical (unpaired) electrons. The topological polar surface area (TPSA) is 71.1 Å². The number of fused-ring (bicyclic) bond motifs is 2. The van der Waals surface area contributed by atoms with Gasteiger partial charge in [0, 0.05) is 17.0 Å². The van der Waals surface area contributed by atoms with Crippen molar-refractivity contribution in [3.05, 3.63) is 34.8 Å². The molecule has 0 aromatic carbocycles. The second-order valence-electron chi connectivity index (χ2n) is 5.82. The maximum absolute atomic E-state index is 12.9. The lowest BCUT2D eigenvalue weighted by Crippen LogP contribution is -2.39. The molecule has 0 spiro atoms. The van der Waals surface area contributed by atoms with Gasteiger partial charge in [-0.25, -0.2) is 4.98 Å². The number of amides is 1. The zero-order chi connectivity index (χ0) is 15.1. The van der Waals surface area contributed by atoms with Crippen LogP contribution in [-0.4, -0.2) is 34.2 Å². The van der Waals surface area contributed by atoms with E-state index in [9.17, 15) is 4.79 Å². The van der Waals surface area contributed by atoms with Crippen LogP contribution in [-0.2, 0) is 12.8 Å². The van der Waals surface area contributed by atoms with Gasteiger partial charge in [0.05, 0.1) is 6.54 Å². The van der Waals surface area contributed by atoms with Crippen molar-refractivity contribution in [2.24, 2.45) is 0 Å². The van der Waals surface area contributed by atoms with Crippen LogP contribution in [0.15, 0.2) is 12.1 Å². The van der Waals surface area contributed by atoms with E-state index in [0.717, 1.165) is 48.3 Å². The Kier molecular flexibility index (Phi) is 3.10.